The van der Waals surface area contributed by atoms with Crippen molar-refractivity contribution in [1.82, 2.24) is 14.9 Å². The first-order chi connectivity index (χ1) is 9.96. The molecular formula is C14H20N4O3. The fraction of sp³-hybridized carbons (Fsp3) is 0.429. The first-order valence-corrected chi connectivity index (χ1v) is 6.63. The van der Waals surface area contributed by atoms with Gasteiger partial charge in [-0.3, -0.25) is 4.79 Å². The van der Waals surface area contributed by atoms with Gasteiger partial charge in [-0.05, 0) is 13.8 Å². The van der Waals surface area contributed by atoms with E-state index in [0.717, 1.165) is 5.52 Å². The van der Waals surface area contributed by atoms with Crippen LogP contribution in [0.4, 0.5) is 5.95 Å². The third-order valence-corrected chi connectivity index (χ3v) is 3.03. The quantitative estimate of drug-likeness (QED) is 0.863. The molecule has 0 aliphatic carbocycles. The largest absolute Gasteiger partial charge is 0.493 e. The Balaban J connectivity index is 2.44. The number of fused-ring (bicyclic) bond motifs is 1. The van der Waals surface area contributed by atoms with Gasteiger partial charge in [0.05, 0.1) is 25.3 Å². The number of carbonyl (C=O) groups is 1. The van der Waals surface area contributed by atoms with Crippen LogP contribution in [0.15, 0.2) is 12.1 Å². The lowest BCUT2D eigenvalue weighted by molar-refractivity contribution is -0.122. The van der Waals surface area contributed by atoms with Gasteiger partial charge < -0.3 is 25.1 Å². The number of nitrogen functional groups attached to an aromatic ring is 1. The molecule has 3 N–H and O–H groups in total. The number of hydrogen-bond donors (Lipinski definition) is 2. The minimum absolute atomic E-state index is 0.0724. The molecule has 0 radical (unpaired) electrons. The van der Waals surface area contributed by atoms with Crippen molar-refractivity contribution in [3.8, 4) is 11.5 Å². The Morgan fingerprint density at radius 1 is 1.33 bits per heavy atom. The molecule has 2 aromatic rings. The number of hydrogen-bond acceptors (Lipinski definition) is 5. The van der Waals surface area contributed by atoms with E-state index in [0.29, 0.717) is 17.0 Å². The zero-order valence-electron chi connectivity index (χ0n) is 12.6. The normalized spacial score (nSPS) is 10.9. The minimum Gasteiger partial charge on any atom is -0.493 e. The van der Waals surface area contributed by atoms with Crippen LogP contribution in [-0.4, -0.2) is 35.7 Å². The van der Waals surface area contributed by atoms with Gasteiger partial charge in [-0.2, -0.15) is 0 Å². The van der Waals surface area contributed by atoms with Crippen molar-refractivity contribution in [1.29, 1.82) is 0 Å². The molecule has 1 heterocycles. The molecule has 0 saturated carbocycles. The van der Waals surface area contributed by atoms with Crippen molar-refractivity contribution >= 4 is 22.9 Å². The summed E-state index contributed by atoms with van der Waals surface area (Å²) >= 11 is 0. The second-order valence-corrected chi connectivity index (χ2v) is 4.97. The molecule has 1 aromatic heterocycles. The van der Waals surface area contributed by atoms with Crippen LogP contribution in [0.5, 0.6) is 11.5 Å². The lowest BCUT2D eigenvalue weighted by Gasteiger charge is -2.11. The Bertz CT molecular complexity index is 664. The summed E-state index contributed by atoms with van der Waals surface area (Å²) in [6, 6.07) is 3.57. The molecule has 7 nitrogen and oxygen atoms in total. The number of imidazole rings is 1. The van der Waals surface area contributed by atoms with Gasteiger partial charge in [0.15, 0.2) is 11.5 Å². The highest BCUT2D eigenvalue weighted by molar-refractivity contribution is 5.85. The van der Waals surface area contributed by atoms with E-state index in [1.165, 1.54) is 0 Å². The Kier molecular flexibility index (Phi) is 4.21. The number of amides is 1. The number of anilines is 1. The van der Waals surface area contributed by atoms with E-state index in [9.17, 15) is 4.79 Å². The molecule has 114 valence electrons. The maximum absolute atomic E-state index is 11.9. The molecule has 0 bridgehead atoms. The predicted molar refractivity (Wildman–Crippen MR) is 80.5 cm³/mol. The zero-order chi connectivity index (χ0) is 15.6. The maximum atomic E-state index is 11.9. The zero-order valence-corrected chi connectivity index (χ0v) is 12.6. The number of methoxy groups -OCH3 is 2. The summed E-state index contributed by atoms with van der Waals surface area (Å²) < 4.78 is 12.2. The molecule has 0 aliphatic heterocycles. The van der Waals surface area contributed by atoms with Gasteiger partial charge in [0.25, 0.3) is 0 Å². The third kappa shape index (κ3) is 3.01. The highest BCUT2D eigenvalue weighted by atomic mass is 16.5. The number of rotatable bonds is 5. The Labute approximate surface area is 123 Å². The summed E-state index contributed by atoms with van der Waals surface area (Å²) in [4.78, 5) is 16.2. The maximum Gasteiger partial charge on any atom is 0.240 e. The average molecular weight is 292 g/mol. The molecule has 2 rings (SSSR count). The lowest BCUT2D eigenvalue weighted by Crippen LogP contribution is -2.33. The Morgan fingerprint density at radius 2 is 1.95 bits per heavy atom. The third-order valence-electron chi connectivity index (χ3n) is 3.03. The van der Waals surface area contributed by atoms with Gasteiger partial charge in [-0.15, -0.1) is 0 Å². The van der Waals surface area contributed by atoms with Crippen LogP contribution < -0.4 is 20.5 Å². The van der Waals surface area contributed by atoms with Crippen molar-refractivity contribution in [3.05, 3.63) is 12.1 Å². The van der Waals surface area contributed by atoms with Gasteiger partial charge in [0, 0.05) is 18.2 Å². The van der Waals surface area contributed by atoms with E-state index in [1.54, 1.807) is 30.9 Å². The number of benzene rings is 1. The summed E-state index contributed by atoms with van der Waals surface area (Å²) in [5.74, 6) is 1.29. The summed E-state index contributed by atoms with van der Waals surface area (Å²) in [7, 11) is 3.11. The fourth-order valence-corrected chi connectivity index (χ4v) is 2.15. The molecule has 0 atom stereocenters. The number of nitrogens with one attached hydrogen (secondary N) is 1. The molecule has 0 spiro atoms. The number of nitrogens with zero attached hydrogens (tertiary/aromatic N) is 2. The van der Waals surface area contributed by atoms with Crippen LogP contribution in [0, 0.1) is 0 Å². The smallest absolute Gasteiger partial charge is 0.240 e. The van der Waals surface area contributed by atoms with Crippen molar-refractivity contribution < 1.29 is 14.3 Å². The van der Waals surface area contributed by atoms with Crippen LogP contribution in [-0.2, 0) is 11.3 Å². The number of nitrogens with two attached hydrogens (primary N) is 1. The van der Waals surface area contributed by atoms with Crippen LogP contribution in [0.3, 0.4) is 0 Å². The van der Waals surface area contributed by atoms with E-state index >= 15 is 0 Å². The molecule has 1 amide bonds. The predicted octanol–water partition coefficient (Wildman–Crippen LogP) is 1.16. The topological polar surface area (TPSA) is 91.4 Å². The van der Waals surface area contributed by atoms with Crippen LogP contribution >= 0.6 is 0 Å². The summed E-state index contributed by atoms with van der Waals surface area (Å²) in [6.45, 7) is 3.92. The second kappa shape index (κ2) is 5.90. The molecule has 7 heteroatoms. The first-order valence-electron chi connectivity index (χ1n) is 6.63. The van der Waals surface area contributed by atoms with Crippen LogP contribution in [0.1, 0.15) is 13.8 Å². The van der Waals surface area contributed by atoms with E-state index < -0.39 is 0 Å². The lowest BCUT2D eigenvalue weighted by atomic mass is 10.2. The summed E-state index contributed by atoms with van der Waals surface area (Å²) in [5.41, 5.74) is 7.29. The molecule has 0 fully saturated rings. The van der Waals surface area contributed by atoms with E-state index in [4.69, 9.17) is 15.2 Å². The van der Waals surface area contributed by atoms with Crippen molar-refractivity contribution in [2.24, 2.45) is 0 Å². The van der Waals surface area contributed by atoms with Crippen LogP contribution in [0.2, 0.25) is 0 Å². The highest BCUT2D eigenvalue weighted by Gasteiger charge is 2.15. The average Bonchev–Trinajstić information content (AvgIpc) is 2.72. The van der Waals surface area contributed by atoms with Crippen molar-refractivity contribution in [3.63, 3.8) is 0 Å². The molecule has 0 saturated heterocycles. The first kappa shape index (κ1) is 15.0. The fourth-order valence-electron chi connectivity index (χ4n) is 2.15. The van der Waals surface area contributed by atoms with E-state index in [2.05, 4.69) is 10.3 Å². The van der Waals surface area contributed by atoms with E-state index in [1.807, 2.05) is 13.8 Å². The minimum atomic E-state index is -0.120. The number of carbonyl (C=O) groups excluding carboxylic acids is 1. The molecule has 0 aliphatic rings. The van der Waals surface area contributed by atoms with Gasteiger partial charge in [-0.25, -0.2) is 4.98 Å². The molecular weight excluding hydrogens is 272 g/mol. The number of ether oxygens (including phenoxy) is 2. The monoisotopic (exact) mass is 292 g/mol. The van der Waals surface area contributed by atoms with E-state index in [-0.39, 0.29) is 24.4 Å². The number of aromatic nitrogens is 2. The second-order valence-electron chi connectivity index (χ2n) is 4.97. The summed E-state index contributed by atoms with van der Waals surface area (Å²) in [6.07, 6.45) is 0. The van der Waals surface area contributed by atoms with Gasteiger partial charge in [0.1, 0.15) is 6.54 Å². The van der Waals surface area contributed by atoms with Crippen molar-refractivity contribution in [2.75, 3.05) is 20.0 Å². The summed E-state index contributed by atoms with van der Waals surface area (Å²) in [5, 5.41) is 2.83. The van der Waals surface area contributed by atoms with Crippen molar-refractivity contribution in [2.45, 2.75) is 26.4 Å². The SMILES string of the molecule is COc1cc2nc(N)n(CC(=O)NC(C)C)c2cc1OC. The molecule has 21 heavy (non-hydrogen) atoms. The Hall–Kier alpha value is -2.44. The van der Waals surface area contributed by atoms with Gasteiger partial charge in [0.2, 0.25) is 11.9 Å². The van der Waals surface area contributed by atoms with Crippen LogP contribution in [0.25, 0.3) is 11.0 Å². The van der Waals surface area contributed by atoms with Gasteiger partial charge >= 0.3 is 0 Å². The Morgan fingerprint density at radius 3 is 2.52 bits per heavy atom. The van der Waals surface area contributed by atoms with Gasteiger partial charge in [-0.1, -0.05) is 0 Å². The molecule has 1 aromatic carbocycles. The standard InChI is InChI=1S/C14H20N4O3/c1-8(2)16-13(19)7-18-10-6-12(21-4)11(20-3)5-9(10)17-14(18)15/h5-6,8H,7H2,1-4H3,(H2,15,17)(H,16,19). The highest BCUT2D eigenvalue weighted by Crippen LogP contribution is 2.32. The molecule has 0 unspecified atom stereocenters.